The molecule has 27 heavy (non-hydrogen) atoms. The van der Waals surface area contributed by atoms with Crippen molar-refractivity contribution in [1.29, 1.82) is 5.41 Å². The van der Waals surface area contributed by atoms with E-state index in [1.165, 1.54) is 42.6 Å². The Kier molecular flexibility index (Phi) is 5.34. The fourth-order valence-electron chi connectivity index (χ4n) is 2.62. The van der Waals surface area contributed by atoms with Crippen LogP contribution in [0, 0.1) is 17.0 Å². The zero-order valence-corrected chi connectivity index (χ0v) is 15.3. The lowest BCUT2D eigenvalue weighted by Crippen LogP contribution is -2.18. The topological polar surface area (TPSA) is 70.9 Å². The minimum absolute atomic E-state index is 0.0139. The van der Waals surface area contributed by atoms with Gasteiger partial charge in [0.1, 0.15) is 16.9 Å². The first-order valence-electron chi connectivity index (χ1n) is 7.74. The SMILES string of the molecule is N=Cc1ccc(C(c2cc(F)ccc2F)S(=O)(=O)c2ccc(Cl)cc2)nc1. The fraction of sp³-hybridized carbons (Fsp3) is 0.0526. The molecule has 1 heterocycles. The summed E-state index contributed by atoms with van der Waals surface area (Å²) in [6.07, 6.45) is 2.34. The Morgan fingerprint density at radius 3 is 2.33 bits per heavy atom. The van der Waals surface area contributed by atoms with Gasteiger partial charge >= 0.3 is 0 Å². The number of nitrogens with one attached hydrogen (secondary N) is 1. The minimum Gasteiger partial charge on any atom is -0.308 e. The molecule has 0 aliphatic rings. The average molecular weight is 407 g/mol. The summed E-state index contributed by atoms with van der Waals surface area (Å²) in [6, 6.07) is 10.9. The highest BCUT2D eigenvalue weighted by Gasteiger charge is 2.34. The zero-order chi connectivity index (χ0) is 19.6. The van der Waals surface area contributed by atoms with Crippen LogP contribution in [0.4, 0.5) is 8.78 Å². The van der Waals surface area contributed by atoms with Gasteiger partial charge in [-0.15, -0.1) is 0 Å². The van der Waals surface area contributed by atoms with Crippen LogP contribution in [0.5, 0.6) is 0 Å². The molecule has 1 atom stereocenters. The molecule has 4 nitrogen and oxygen atoms in total. The molecule has 0 radical (unpaired) electrons. The Hall–Kier alpha value is -2.64. The highest BCUT2D eigenvalue weighted by molar-refractivity contribution is 7.91. The van der Waals surface area contributed by atoms with Crippen molar-refractivity contribution < 1.29 is 17.2 Å². The largest absolute Gasteiger partial charge is 0.308 e. The highest BCUT2D eigenvalue weighted by atomic mass is 35.5. The lowest BCUT2D eigenvalue weighted by atomic mass is 10.1. The Bertz CT molecular complexity index is 1090. The van der Waals surface area contributed by atoms with Crippen LogP contribution in [-0.4, -0.2) is 19.6 Å². The van der Waals surface area contributed by atoms with Crippen LogP contribution in [-0.2, 0) is 9.84 Å². The van der Waals surface area contributed by atoms with Crippen LogP contribution in [0.25, 0.3) is 0 Å². The molecule has 1 unspecified atom stereocenters. The quantitative estimate of drug-likeness (QED) is 0.631. The van der Waals surface area contributed by atoms with Crippen molar-refractivity contribution >= 4 is 27.7 Å². The first-order valence-corrected chi connectivity index (χ1v) is 9.66. The molecule has 0 aliphatic heterocycles. The van der Waals surface area contributed by atoms with Crippen molar-refractivity contribution in [3.63, 3.8) is 0 Å². The van der Waals surface area contributed by atoms with Gasteiger partial charge in [-0.3, -0.25) is 4.98 Å². The van der Waals surface area contributed by atoms with Crippen LogP contribution < -0.4 is 0 Å². The van der Waals surface area contributed by atoms with Crippen LogP contribution in [0.15, 0.2) is 65.7 Å². The molecule has 0 fully saturated rings. The number of rotatable bonds is 5. The van der Waals surface area contributed by atoms with Gasteiger partial charge in [0, 0.05) is 28.6 Å². The van der Waals surface area contributed by atoms with Gasteiger partial charge in [-0.2, -0.15) is 0 Å². The van der Waals surface area contributed by atoms with Gasteiger partial charge < -0.3 is 5.41 Å². The Morgan fingerprint density at radius 2 is 1.74 bits per heavy atom. The monoisotopic (exact) mass is 406 g/mol. The van der Waals surface area contributed by atoms with E-state index >= 15 is 0 Å². The molecule has 1 N–H and O–H groups in total. The molecular weight excluding hydrogens is 394 g/mol. The number of benzene rings is 2. The maximum absolute atomic E-state index is 14.4. The summed E-state index contributed by atoms with van der Waals surface area (Å²) >= 11 is 5.82. The Morgan fingerprint density at radius 1 is 1.04 bits per heavy atom. The van der Waals surface area contributed by atoms with E-state index in [0.29, 0.717) is 10.6 Å². The molecule has 0 amide bonds. The number of hydrogen-bond donors (Lipinski definition) is 1. The third kappa shape index (κ3) is 3.89. The van der Waals surface area contributed by atoms with E-state index in [4.69, 9.17) is 17.0 Å². The Balaban J connectivity index is 2.24. The molecule has 0 saturated carbocycles. The number of halogens is 3. The molecule has 0 saturated heterocycles. The summed E-state index contributed by atoms with van der Waals surface area (Å²) in [7, 11) is -4.17. The van der Waals surface area contributed by atoms with Crippen molar-refractivity contribution in [1.82, 2.24) is 4.98 Å². The number of pyridine rings is 1. The number of sulfone groups is 1. The molecule has 0 spiro atoms. The van der Waals surface area contributed by atoms with Crippen molar-refractivity contribution in [2.75, 3.05) is 0 Å². The van der Waals surface area contributed by atoms with Crippen molar-refractivity contribution in [3.05, 3.63) is 94.3 Å². The van der Waals surface area contributed by atoms with E-state index in [1.807, 2.05) is 0 Å². The summed E-state index contributed by atoms with van der Waals surface area (Å²) in [5.41, 5.74) is 0.112. The molecule has 8 heteroatoms. The predicted octanol–water partition coefficient (Wildman–Crippen LogP) is 4.57. The third-order valence-corrected chi connectivity index (χ3v) is 6.23. The van der Waals surface area contributed by atoms with Crippen molar-refractivity contribution in [2.24, 2.45) is 0 Å². The Labute approximate surface area is 159 Å². The van der Waals surface area contributed by atoms with E-state index in [9.17, 15) is 17.2 Å². The lowest BCUT2D eigenvalue weighted by Gasteiger charge is -2.19. The minimum atomic E-state index is -4.17. The molecule has 0 aliphatic carbocycles. The van der Waals surface area contributed by atoms with Gasteiger partial charge in [-0.1, -0.05) is 17.7 Å². The van der Waals surface area contributed by atoms with E-state index < -0.39 is 26.7 Å². The summed E-state index contributed by atoms with van der Waals surface area (Å²) < 4.78 is 54.7. The van der Waals surface area contributed by atoms with Crippen LogP contribution in [0.3, 0.4) is 0 Å². The van der Waals surface area contributed by atoms with Gasteiger partial charge in [0.15, 0.2) is 9.84 Å². The number of hydrogen-bond acceptors (Lipinski definition) is 4. The van der Waals surface area contributed by atoms with Crippen LogP contribution in [0.1, 0.15) is 22.1 Å². The standard InChI is InChI=1S/C19H13ClF2N2O2S/c20-13-2-5-15(6-3-13)27(25,26)19(16-9-14(21)4-7-17(16)22)18-8-1-12(10-23)11-24-18/h1-11,19,23H. The van der Waals surface area contributed by atoms with Crippen molar-refractivity contribution in [2.45, 2.75) is 10.1 Å². The number of nitrogens with zero attached hydrogens (tertiary/aromatic N) is 1. The van der Waals surface area contributed by atoms with E-state index in [1.54, 1.807) is 0 Å². The van der Waals surface area contributed by atoms with Gasteiger partial charge in [0.25, 0.3) is 0 Å². The second-order valence-electron chi connectivity index (χ2n) is 5.71. The second-order valence-corrected chi connectivity index (χ2v) is 8.17. The summed E-state index contributed by atoms with van der Waals surface area (Å²) in [5.74, 6) is -1.63. The summed E-state index contributed by atoms with van der Waals surface area (Å²) in [6.45, 7) is 0. The van der Waals surface area contributed by atoms with E-state index in [0.717, 1.165) is 24.4 Å². The lowest BCUT2D eigenvalue weighted by molar-refractivity contribution is 0.568. The highest BCUT2D eigenvalue weighted by Crippen LogP contribution is 2.36. The molecular formula is C19H13ClF2N2O2S. The second kappa shape index (κ2) is 7.54. The molecule has 138 valence electrons. The van der Waals surface area contributed by atoms with Gasteiger partial charge in [0.05, 0.1) is 10.6 Å². The number of aromatic nitrogens is 1. The predicted molar refractivity (Wildman–Crippen MR) is 99.0 cm³/mol. The summed E-state index contributed by atoms with van der Waals surface area (Å²) in [4.78, 5) is 3.96. The van der Waals surface area contributed by atoms with E-state index in [-0.39, 0.29) is 16.2 Å². The van der Waals surface area contributed by atoms with Crippen LogP contribution in [0.2, 0.25) is 5.02 Å². The van der Waals surface area contributed by atoms with Crippen LogP contribution >= 0.6 is 11.6 Å². The first kappa shape index (κ1) is 19.1. The van der Waals surface area contributed by atoms with Gasteiger partial charge in [-0.25, -0.2) is 17.2 Å². The zero-order valence-electron chi connectivity index (χ0n) is 13.7. The average Bonchev–Trinajstić information content (AvgIpc) is 2.65. The maximum atomic E-state index is 14.4. The fourth-order valence-corrected chi connectivity index (χ4v) is 4.50. The first-order chi connectivity index (χ1) is 12.8. The molecule has 3 aromatic rings. The molecule has 2 aromatic carbocycles. The molecule has 1 aromatic heterocycles. The summed E-state index contributed by atoms with van der Waals surface area (Å²) in [5, 5.41) is 6.00. The van der Waals surface area contributed by atoms with Gasteiger partial charge in [0.2, 0.25) is 0 Å². The molecule has 0 bridgehead atoms. The molecule has 3 rings (SSSR count). The van der Waals surface area contributed by atoms with Crippen molar-refractivity contribution in [3.8, 4) is 0 Å². The van der Waals surface area contributed by atoms with E-state index in [2.05, 4.69) is 4.98 Å². The smallest absolute Gasteiger partial charge is 0.191 e. The third-order valence-electron chi connectivity index (χ3n) is 3.94. The normalized spacial score (nSPS) is 12.6. The maximum Gasteiger partial charge on any atom is 0.191 e. The van der Waals surface area contributed by atoms with Gasteiger partial charge in [-0.05, 0) is 48.5 Å².